The van der Waals surface area contributed by atoms with Crippen LogP contribution in [0.1, 0.15) is 32.5 Å². The molecule has 1 N–H and O–H groups in total. The van der Waals surface area contributed by atoms with Crippen LogP contribution in [0.2, 0.25) is 0 Å². The molecule has 0 aliphatic carbocycles. The van der Waals surface area contributed by atoms with Crippen molar-refractivity contribution in [2.24, 2.45) is 0 Å². The van der Waals surface area contributed by atoms with E-state index in [4.69, 9.17) is 9.26 Å². The summed E-state index contributed by atoms with van der Waals surface area (Å²) in [5, 5.41) is 7.21. The summed E-state index contributed by atoms with van der Waals surface area (Å²) in [7, 11) is 1.68. The summed E-state index contributed by atoms with van der Waals surface area (Å²) in [6.07, 6.45) is 1.59. The van der Waals surface area contributed by atoms with Crippen LogP contribution in [0.3, 0.4) is 0 Å². The van der Waals surface area contributed by atoms with Crippen LogP contribution in [0.25, 0.3) is 0 Å². The molecule has 0 saturated carbocycles. The number of rotatable bonds is 7. The van der Waals surface area contributed by atoms with Crippen LogP contribution in [0, 0.1) is 0 Å². The van der Waals surface area contributed by atoms with Crippen LogP contribution in [0.5, 0.6) is 0 Å². The summed E-state index contributed by atoms with van der Waals surface area (Å²) in [6, 6.07) is 0.482. The lowest BCUT2D eigenvalue weighted by atomic mass is 10.3. The number of ether oxygens (including phenoxy) is 1. The van der Waals surface area contributed by atoms with Gasteiger partial charge < -0.3 is 14.6 Å². The second kappa shape index (κ2) is 6.60. The van der Waals surface area contributed by atoms with Gasteiger partial charge in [-0.1, -0.05) is 19.0 Å². The predicted molar refractivity (Wildman–Crippen MR) is 61.3 cm³/mol. The van der Waals surface area contributed by atoms with E-state index in [1.807, 2.05) is 6.92 Å². The van der Waals surface area contributed by atoms with Crippen LogP contribution in [0.4, 0.5) is 0 Å². The van der Waals surface area contributed by atoms with Crippen LogP contribution in [-0.2, 0) is 17.6 Å². The molecule has 0 saturated heterocycles. The van der Waals surface area contributed by atoms with Crippen molar-refractivity contribution in [1.29, 1.82) is 0 Å². The van der Waals surface area contributed by atoms with Gasteiger partial charge in [-0.3, -0.25) is 0 Å². The fourth-order valence-corrected chi connectivity index (χ4v) is 1.28. The Morgan fingerprint density at radius 2 is 2.12 bits per heavy atom. The van der Waals surface area contributed by atoms with E-state index in [0.717, 1.165) is 13.0 Å². The van der Waals surface area contributed by atoms with Gasteiger partial charge in [0.05, 0.1) is 6.10 Å². The molecular formula is C11H21N3O2. The molecule has 0 aromatic carbocycles. The Bertz CT molecular complexity index is 299. The molecule has 0 fully saturated rings. The zero-order valence-corrected chi connectivity index (χ0v) is 10.5. The molecule has 0 aliphatic heterocycles. The Morgan fingerprint density at radius 3 is 2.75 bits per heavy atom. The maximum Gasteiger partial charge on any atom is 0.227 e. The second-order valence-corrected chi connectivity index (χ2v) is 4.21. The molecule has 1 atom stereocenters. The van der Waals surface area contributed by atoms with E-state index >= 15 is 0 Å². The van der Waals surface area contributed by atoms with E-state index in [9.17, 15) is 0 Å². The fraction of sp³-hybridized carbons (Fsp3) is 0.818. The van der Waals surface area contributed by atoms with Crippen molar-refractivity contribution in [1.82, 2.24) is 15.5 Å². The Kier molecular flexibility index (Phi) is 5.42. The molecule has 5 heteroatoms. The largest absolute Gasteiger partial charge is 0.381 e. The van der Waals surface area contributed by atoms with Gasteiger partial charge in [-0.15, -0.1) is 0 Å². The normalized spacial score (nSPS) is 13.3. The number of hydrogen-bond acceptors (Lipinski definition) is 5. The summed E-state index contributed by atoms with van der Waals surface area (Å²) < 4.78 is 10.3. The second-order valence-electron chi connectivity index (χ2n) is 4.21. The summed E-state index contributed by atoms with van der Waals surface area (Å²) >= 11 is 0. The lowest BCUT2D eigenvalue weighted by Crippen LogP contribution is -2.25. The minimum atomic E-state index is 0.124. The molecule has 0 bridgehead atoms. The zero-order valence-electron chi connectivity index (χ0n) is 10.5. The standard InChI is InChI=1S/C11H21N3O2/c1-8(2)12-6-5-11-13-10(14-16-11)7-9(3)15-4/h8-9,12H,5-7H2,1-4H3. The van der Waals surface area contributed by atoms with Crippen LogP contribution in [0.15, 0.2) is 4.52 Å². The van der Waals surface area contributed by atoms with E-state index in [1.165, 1.54) is 0 Å². The number of hydrogen-bond donors (Lipinski definition) is 1. The summed E-state index contributed by atoms with van der Waals surface area (Å²) in [4.78, 5) is 4.30. The summed E-state index contributed by atoms with van der Waals surface area (Å²) in [5.41, 5.74) is 0. The van der Waals surface area contributed by atoms with E-state index < -0.39 is 0 Å². The molecule has 0 aliphatic rings. The van der Waals surface area contributed by atoms with Gasteiger partial charge in [0.15, 0.2) is 5.82 Å². The van der Waals surface area contributed by atoms with Gasteiger partial charge in [0.1, 0.15) is 0 Å². The van der Waals surface area contributed by atoms with Gasteiger partial charge in [0.2, 0.25) is 5.89 Å². The molecule has 1 aromatic heterocycles. The van der Waals surface area contributed by atoms with Gasteiger partial charge >= 0.3 is 0 Å². The van der Waals surface area contributed by atoms with Crippen LogP contribution in [-0.4, -0.2) is 35.9 Å². The minimum absolute atomic E-state index is 0.124. The molecule has 0 spiro atoms. The fourth-order valence-electron chi connectivity index (χ4n) is 1.28. The van der Waals surface area contributed by atoms with E-state index in [1.54, 1.807) is 7.11 Å². The third-order valence-corrected chi connectivity index (χ3v) is 2.27. The SMILES string of the molecule is COC(C)Cc1noc(CCNC(C)C)n1. The number of methoxy groups -OCH3 is 1. The van der Waals surface area contributed by atoms with Crippen molar-refractivity contribution in [2.45, 2.75) is 45.8 Å². The lowest BCUT2D eigenvalue weighted by Gasteiger charge is -2.05. The van der Waals surface area contributed by atoms with Crippen molar-refractivity contribution in [3.05, 3.63) is 11.7 Å². The van der Waals surface area contributed by atoms with Gasteiger partial charge in [-0.25, -0.2) is 0 Å². The Hall–Kier alpha value is -0.940. The predicted octanol–water partition coefficient (Wildman–Crippen LogP) is 1.19. The maximum absolute atomic E-state index is 5.14. The average Bonchev–Trinajstić information content (AvgIpc) is 2.65. The van der Waals surface area contributed by atoms with Crippen LogP contribution >= 0.6 is 0 Å². The number of nitrogens with zero attached hydrogens (tertiary/aromatic N) is 2. The van der Waals surface area contributed by atoms with Crippen molar-refractivity contribution in [3.63, 3.8) is 0 Å². The smallest absolute Gasteiger partial charge is 0.227 e. The van der Waals surface area contributed by atoms with Gasteiger partial charge in [0, 0.05) is 32.5 Å². The molecule has 0 amide bonds. The molecule has 5 nitrogen and oxygen atoms in total. The Labute approximate surface area is 96.6 Å². The highest BCUT2D eigenvalue weighted by Crippen LogP contribution is 2.02. The average molecular weight is 227 g/mol. The van der Waals surface area contributed by atoms with Crippen LogP contribution < -0.4 is 5.32 Å². The highest BCUT2D eigenvalue weighted by Gasteiger charge is 2.09. The molecule has 1 heterocycles. The first-order valence-corrected chi connectivity index (χ1v) is 5.69. The monoisotopic (exact) mass is 227 g/mol. The topological polar surface area (TPSA) is 60.2 Å². The molecule has 92 valence electrons. The van der Waals surface area contributed by atoms with Gasteiger partial charge in [-0.05, 0) is 6.92 Å². The number of nitrogens with one attached hydrogen (secondary N) is 1. The highest BCUT2D eigenvalue weighted by molar-refractivity contribution is 4.88. The first-order valence-electron chi connectivity index (χ1n) is 5.69. The summed E-state index contributed by atoms with van der Waals surface area (Å²) in [6.45, 7) is 7.06. The molecule has 0 radical (unpaired) electrons. The van der Waals surface area contributed by atoms with E-state index in [-0.39, 0.29) is 6.10 Å². The van der Waals surface area contributed by atoms with E-state index in [2.05, 4.69) is 29.3 Å². The summed E-state index contributed by atoms with van der Waals surface area (Å²) in [5.74, 6) is 1.40. The van der Waals surface area contributed by atoms with Crippen molar-refractivity contribution < 1.29 is 9.26 Å². The quantitative estimate of drug-likeness (QED) is 0.758. The van der Waals surface area contributed by atoms with Crippen molar-refractivity contribution in [2.75, 3.05) is 13.7 Å². The third-order valence-electron chi connectivity index (χ3n) is 2.27. The molecule has 16 heavy (non-hydrogen) atoms. The zero-order chi connectivity index (χ0) is 12.0. The van der Waals surface area contributed by atoms with Gasteiger partial charge in [-0.2, -0.15) is 4.98 Å². The Balaban J connectivity index is 2.33. The van der Waals surface area contributed by atoms with E-state index in [0.29, 0.717) is 24.2 Å². The molecule has 1 unspecified atom stereocenters. The Morgan fingerprint density at radius 1 is 1.38 bits per heavy atom. The lowest BCUT2D eigenvalue weighted by molar-refractivity contribution is 0.116. The highest BCUT2D eigenvalue weighted by atomic mass is 16.5. The minimum Gasteiger partial charge on any atom is -0.381 e. The third kappa shape index (κ3) is 4.72. The first-order chi connectivity index (χ1) is 7.61. The number of aromatic nitrogens is 2. The molecule has 1 rings (SSSR count). The molecular weight excluding hydrogens is 206 g/mol. The van der Waals surface area contributed by atoms with Gasteiger partial charge in [0.25, 0.3) is 0 Å². The van der Waals surface area contributed by atoms with Crippen molar-refractivity contribution in [3.8, 4) is 0 Å². The van der Waals surface area contributed by atoms with Crippen molar-refractivity contribution >= 4 is 0 Å². The maximum atomic E-state index is 5.14. The first kappa shape index (κ1) is 13.1. The molecule has 1 aromatic rings.